The smallest absolute Gasteiger partial charge is 0.164 e. The number of pyridine rings is 1. The first-order valence-electron chi connectivity index (χ1n) is 5.38. The van der Waals surface area contributed by atoms with E-state index in [0.29, 0.717) is 0 Å². The Hall–Kier alpha value is -1.49. The average molecular weight is 223 g/mol. The van der Waals surface area contributed by atoms with E-state index in [9.17, 15) is 0 Å². The Morgan fingerprint density at radius 1 is 1.12 bits per heavy atom. The van der Waals surface area contributed by atoms with Gasteiger partial charge in [-0.3, -0.25) is 4.98 Å². The lowest BCUT2D eigenvalue weighted by Crippen LogP contribution is -2.43. The van der Waals surface area contributed by atoms with Crippen molar-refractivity contribution in [2.45, 2.75) is 0 Å². The van der Waals surface area contributed by atoms with Crippen LogP contribution in [-0.4, -0.2) is 45.4 Å². The normalized spacial score (nSPS) is 16.0. The molecule has 0 unspecified atom stereocenters. The van der Waals surface area contributed by atoms with Crippen molar-refractivity contribution in [1.29, 1.82) is 0 Å². The fourth-order valence-corrected chi connectivity index (χ4v) is 1.92. The SMILES string of the molecule is COc1cncc(OC)c1N1CCNCC1. The lowest BCUT2D eigenvalue weighted by atomic mass is 10.2. The van der Waals surface area contributed by atoms with Crippen LogP contribution < -0.4 is 19.7 Å². The highest BCUT2D eigenvalue weighted by Gasteiger charge is 2.19. The molecule has 1 fully saturated rings. The van der Waals surface area contributed by atoms with E-state index in [1.54, 1.807) is 26.6 Å². The minimum Gasteiger partial charge on any atom is -0.493 e. The molecule has 2 rings (SSSR count). The first-order chi connectivity index (χ1) is 7.86. The Bertz CT molecular complexity index is 329. The molecule has 1 aromatic heterocycles. The molecule has 0 spiro atoms. The van der Waals surface area contributed by atoms with Gasteiger partial charge in [0.15, 0.2) is 11.5 Å². The second-order valence-electron chi connectivity index (χ2n) is 3.63. The fourth-order valence-electron chi connectivity index (χ4n) is 1.92. The first kappa shape index (κ1) is 11.0. The molecule has 0 atom stereocenters. The van der Waals surface area contributed by atoms with E-state index in [0.717, 1.165) is 43.4 Å². The van der Waals surface area contributed by atoms with E-state index in [4.69, 9.17) is 9.47 Å². The van der Waals surface area contributed by atoms with E-state index in [2.05, 4.69) is 15.2 Å². The molecule has 1 aromatic rings. The van der Waals surface area contributed by atoms with Crippen LogP contribution in [0.2, 0.25) is 0 Å². The van der Waals surface area contributed by atoms with Gasteiger partial charge in [-0.15, -0.1) is 0 Å². The molecule has 1 N–H and O–H groups in total. The number of rotatable bonds is 3. The summed E-state index contributed by atoms with van der Waals surface area (Å²) in [6.07, 6.45) is 3.44. The van der Waals surface area contributed by atoms with Crippen LogP contribution in [0.15, 0.2) is 12.4 Å². The third kappa shape index (κ3) is 2.04. The maximum absolute atomic E-state index is 5.34. The number of hydrogen-bond donors (Lipinski definition) is 1. The lowest BCUT2D eigenvalue weighted by Gasteiger charge is -2.31. The predicted octanol–water partition coefficient (Wildman–Crippen LogP) is 0.508. The Kier molecular flexibility index (Phi) is 3.46. The monoisotopic (exact) mass is 223 g/mol. The van der Waals surface area contributed by atoms with Crippen LogP contribution >= 0.6 is 0 Å². The third-order valence-electron chi connectivity index (χ3n) is 2.72. The standard InChI is InChI=1S/C11H17N3O2/c1-15-9-7-13-8-10(16-2)11(9)14-5-3-12-4-6-14/h7-8,12H,3-6H2,1-2H3. The van der Waals surface area contributed by atoms with Crippen LogP contribution in [0.4, 0.5) is 5.69 Å². The van der Waals surface area contributed by atoms with E-state index in [1.807, 2.05) is 0 Å². The molecule has 5 nitrogen and oxygen atoms in total. The summed E-state index contributed by atoms with van der Waals surface area (Å²) in [6.45, 7) is 3.87. The van der Waals surface area contributed by atoms with Crippen LogP contribution in [0.25, 0.3) is 0 Å². The van der Waals surface area contributed by atoms with Gasteiger partial charge in [-0.05, 0) is 0 Å². The minimum absolute atomic E-state index is 0.765. The van der Waals surface area contributed by atoms with E-state index >= 15 is 0 Å². The van der Waals surface area contributed by atoms with Crippen molar-refractivity contribution >= 4 is 5.69 Å². The summed E-state index contributed by atoms with van der Waals surface area (Å²) in [5.41, 5.74) is 1.00. The van der Waals surface area contributed by atoms with Gasteiger partial charge in [0.25, 0.3) is 0 Å². The highest BCUT2D eigenvalue weighted by atomic mass is 16.5. The molecule has 88 valence electrons. The van der Waals surface area contributed by atoms with Crippen LogP contribution in [0.5, 0.6) is 11.5 Å². The van der Waals surface area contributed by atoms with Crippen LogP contribution in [0, 0.1) is 0 Å². The highest BCUT2D eigenvalue weighted by Crippen LogP contribution is 2.36. The largest absolute Gasteiger partial charge is 0.493 e. The number of nitrogens with zero attached hydrogens (tertiary/aromatic N) is 2. The van der Waals surface area contributed by atoms with Gasteiger partial charge in [-0.25, -0.2) is 0 Å². The van der Waals surface area contributed by atoms with Gasteiger partial charge in [0, 0.05) is 26.2 Å². The number of nitrogens with one attached hydrogen (secondary N) is 1. The van der Waals surface area contributed by atoms with Gasteiger partial charge >= 0.3 is 0 Å². The number of piperazine rings is 1. The van der Waals surface area contributed by atoms with E-state index in [1.165, 1.54) is 0 Å². The lowest BCUT2D eigenvalue weighted by molar-refractivity contribution is 0.388. The Balaban J connectivity index is 2.34. The van der Waals surface area contributed by atoms with Gasteiger partial charge in [0.2, 0.25) is 0 Å². The van der Waals surface area contributed by atoms with Crippen molar-refractivity contribution in [3.8, 4) is 11.5 Å². The Morgan fingerprint density at radius 3 is 2.19 bits per heavy atom. The molecular weight excluding hydrogens is 206 g/mol. The van der Waals surface area contributed by atoms with Gasteiger partial charge in [0.1, 0.15) is 5.69 Å². The Morgan fingerprint density at radius 2 is 1.69 bits per heavy atom. The van der Waals surface area contributed by atoms with Gasteiger partial charge in [-0.2, -0.15) is 0 Å². The van der Waals surface area contributed by atoms with Crippen molar-refractivity contribution < 1.29 is 9.47 Å². The summed E-state index contributed by atoms with van der Waals surface area (Å²) in [7, 11) is 3.31. The van der Waals surface area contributed by atoms with Crippen LogP contribution in [0.1, 0.15) is 0 Å². The maximum atomic E-state index is 5.34. The average Bonchev–Trinajstić information content (AvgIpc) is 2.38. The van der Waals surface area contributed by atoms with E-state index < -0.39 is 0 Å². The minimum atomic E-state index is 0.765. The number of anilines is 1. The molecule has 2 heterocycles. The second-order valence-corrected chi connectivity index (χ2v) is 3.63. The zero-order valence-corrected chi connectivity index (χ0v) is 9.69. The third-order valence-corrected chi connectivity index (χ3v) is 2.72. The highest BCUT2D eigenvalue weighted by molar-refractivity contribution is 5.66. The van der Waals surface area contributed by atoms with Crippen LogP contribution in [0.3, 0.4) is 0 Å². The summed E-state index contributed by atoms with van der Waals surface area (Å²) in [6, 6.07) is 0. The van der Waals surface area contributed by atoms with Crippen molar-refractivity contribution in [2.75, 3.05) is 45.3 Å². The molecule has 0 aliphatic carbocycles. The molecule has 0 amide bonds. The molecule has 5 heteroatoms. The van der Waals surface area contributed by atoms with Crippen molar-refractivity contribution in [2.24, 2.45) is 0 Å². The second kappa shape index (κ2) is 5.03. The first-order valence-corrected chi connectivity index (χ1v) is 5.38. The Labute approximate surface area is 95.4 Å². The topological polar surface area (TPSA) is 46.6 Å². The molecule has 0 bridgehead atoms. The number of aromatic nitrogens is 1. The predicted molar refractivity (Wildman–Crippen MR) is 62.4 cm³/mol. The van der Waals surface area contributed by atoms with Crippen molar-refractivity contribution in [1.82, 2.24) is 10.3 Å². The van der Waals surface area contributed by atoms with Crippen molar-refractivity contribution in [3.63, 3.8) is 0 Å². The molecular formula is C11H17N3O2. The molecule has 16 heavy (non-hydrogen) atoms. The molecule has 1 saturated heterocycles. The molecule has 0 saturated carbocycles. The molecule has 0 radical (unpaired) electrons. The quantitative estimate of drug-likeness (QED) is 0.809. The fraction of sp³-hybridized carbons (Fsp3) is 0.545. The number of methoxy groups -OCH3 is 2. The molecule has 0 aromatic carbocycles. The number of ether oxygens (including phenoxy) is 2. The van der Waals surface area contributed by atoms with Crippen molar-refractivity contribution in [3.05, 3.63) is 12.4 Å². The summed E-state index contributed by atoms with van der Waals surface area (Å²) in [5, 5.41) is 3.32. The summed E-state index contributed by atoms with van der Waals surface area (Å²) < 4.78 is 10.7. The van der Waals surface area contributed by atoms with Gasteiger partial charge in [-0.1, -0.05) is 0 Å². The maximum Gasteiger partial charge on any atom is 0.164 e. The van der Waals surface area contributed by atoms with Gasteiger partial charge in [0.05, 0.1) is 26.6 Å². The summed E-state index contributed by atoms with van der Waals surface area (Å²) >= 11 is 0. The zero-order valence-electron chi connectivity index (χ0n) is 9.69. The summed E-state index contributed by atoms with van der Waals surface area (Å²) in [4.78, 5) is 6.35. The summed E-state index contributed by atoms with van der Waals surface area (Å²) in [5.74, 6) is 1.53. The van der Waals surface area contributed by atoms with Gasteiger partial charge < -0.3 is 19.7 Å². The molecule has 1 aliphatic rings. The van der Waals surface area contributed by atoms with E-state index in [-0.39, 0.29) is 0 Å². The zero-order chi connectivity index (χ0) is 11.4. The number of hydrogen-bond acceptors (Lipinski definition) is 5. The molecule has 1 aliphatic heterocycles. The van der Waals surface area contributed by atoms with Crippen LogP contribution in [-0.2, 0) is 0 Å².